The highest BCUT2D eigenvalue weighted by atomic mass is 16.5. The van der Waals surface area contributed by atoms with Gasteiger partial charge in [-0.2, -0.15) is 0 Å². The van der Waals surface area contributed by atoms with E-state index in [2.05, 4.69) is 0 Å². The van der Waals surface area contributed by atoms with Gasteiger partial charge < -0.3 is 23.8 Å². The van der Waals surface area contributed by atoms with Crippen molar-refractivity contribution < 1.29 is 33.3 Å². The molecule has 1 amide bonds. The third-order valence-electron chi connectivity index (χ3n) is 4.20. The number of amides is 1. The van der Waals surface area contributed by atoms with Gasteiger partial charge in [0.25, 0.3) is 11.7 Å². The molecule has 1 aromatic carbocycles. The smallest absolute Gasteiger partial charge is 0.376 e. The monoisotopic (exact) mass is 365 g/mol. The van der Waals surface area contributed by atoms with Crippen LogP contribution in [0.15, 0.2) is 12.1 Å². The van der Waals surface area contributed by atoms with E-state index < -0.39 is 17.8 Å². The number of ether oxygens (including phenoxy) is 4. The second-order valence-corrected chi connectivity index (χ2v) is 5.66. The predicted octanol–water partition coefficient (Wildman–Crippen LogP) is 1.45. The van der Waals surface area contributed by atoms with Gasteiger partial charge in [0, 0.05) is 12.1 Å². The molecule has 0 aromatic heterocycles. The van der Waals surface area contributed by atoms with E-state index in [0.29, 0.717) is 36.6 Å². The molecule has 0 spiro atoms. The molecular weight excluding hydrogens is 342 g/mol. The van der Waals surface area contributed by atoms with Gasteiger partial charge in [-0.15, -0.1) is 0 Å². The molecule has 0 saturated carbocycles. The average molecular weight is 365 g/mol. The third kappa shape index (κ3) is 3.74. The highest BCUT2D eigenvalue weighted by molar-refractivity contribution is 6.36. The number of hydrogen-bond acceptors (Lipinski definition) is 7. The van der Waals surface area contributed by atoms with Gasteiger partial charge in [-0.1, -0.05) is 0 Å². The summed E-state index contributed by atoms with van der Waals surface area (Å²) in [5.41, 5.74) is 0.281. The lowest BCUT2D eigenvalue weighted by molar-refractivity contribution is -0.155. The van der Waals surface area contributed by atoms with E-state index in [1.807, 2.05) is 0 Å². The molecule has 26 heavy (non-hydrogen) atoms. The van der Waals surface area contributed by atoms with Crippen molar-refractivity contribution in [2.45, 2.75) is 25.8 Å². The second-order valence-electron chi connectivity index (χ2n) is 5.66. The molecule has 0 bridgehead atoms. The molecule has 1 heterocycles. The van der Waals surface area contributed by atoms with Crippen LogP contribution < -0.4 is 14.2 Å². The van der Waals surface area contributed by atoms with E-state index in [1.54, 1.807) is 6.92 Å². The number of hydrogen-bond donors (Lipinski definition) is 0. The van der Waals surface area contributed by atoms with Crippen molar-refractivity contribution in [2.24, 2.45) is 0 Å². The van der Waals surface area contributed by atoms with Crippen molar-refractivity contribution in [3.05, 3.63) is 17.7 Å². The van der Waals surface area contributed by atoms with Crippen LogP contribution >= 0.6 is 0 Å². The second kappa shape index (κ2) is 8.55. The topological polar surface area (TPSA) is 91.4 Å². The van der Waals surface area contributed by atoms with Gasteiger partial charge in [0.05, 0.1) is 27.9 Å². The molecule has 1 aliphatic heterocycles. The van der Waals surface area contributed by atoms with Crippen LogP contribution in [0.2, 0.25) is 0 Å². The zero-order valence-electron chi connectivity index (χ0n) is 15.4. The lowest BCUT2D eigenvalue weighted by Crippen LogP contribution is -2.43. The number of carbonyl (C=O) groups is 3. The number of methoxy groups -OCH3 is 3. The molecule has 2 rings (SSSR count). The Bertz CT molecular complexity index is 676. The van der Waals surface area contributed by atoms with Gasteiger partial charge in [-0.25, -0.2) is 4.79 Å². The molecule has 8 heteroatoms. The van der Waals surface area contributed by atoms with Gasteiger partial charge in [-0.3, -0.25) is 9.59 Å². The van der Waals surface area contributed by atoms with Crippen LogP contribution in [0, 0.1) is 0 Å². The van der Waals surface area contributed by atoms with E-state index in [0.717, 1.165) is 0 Å². The Balaban J connectivity index is 2.32. The largest absolute Gasteiger partial charge is 0.493 e. The highest BCUT2D eigenvalue weighted by Gasteiger charge is 2.38. The number of esters is 1. The summed E-state index contributed by atoms with van der Waals surface area (Å²) in [4.78, 5) is 38.4. The van der Waals surface area contributed by atoms with Crippen molar-refractivity contribution in [1.29, 1.82) is 0 Å². The summed E-state index contributed by atoms with van der Waals surface area (Å²) in [5.74, 6) is -0.964. The standard InChI is InChI=1S/C18H23NO7/c1-5-26-18(22)15(20)12-7-6-8-19(12)17(21)11-9-13(23-2)16(25-4)14(10-11)24-3/h9-10,12H,5-8H2,1-4H3. The number of likely N-dealkylation sites (tertiary alicyclic amines) is 1. The van der Waals surface area contributed by atoms with Gasteiger partial charge in [0.2, 0.25) is 5.75 Å². The molecule has 0 aliphatic carbocycles. The highest BCUT2D eigenvalue weighted by Crippen LogP contribution is 2.38. The van der Waals surface area contributed by atoms with Gasteiger partial charge >= 0.3 is 5.97 Å². The summed E-state index contributed by atoms with van der Waals surface area (Å²) in [6.45, 7) is 2.11. The number of Topliss-reactive ketones (excluding diaryl/α,β-unsaturated/α-hetero) is 1. The molecule has 1 aliphatic rings. The molecule has 1 atom stereocenters. The number of carbonyl (C=O) groups excluding carboxylic acids is 3. The van der Waals surface area contributed by atoms with Crippen molar-refractivity contribution in [3.8, 4) is 17.2 Å². The van der Waals surface area contributed by atoms with Crippen molar-refractivity contribution in [1.82, 2.24) is 4.90 Å². The molecule has 1 unspecified atom stereocenters. The first-order valence-corrected chi connectivity index (χ1v) is 8.30. The van der Waals surface area contributed by atoms with Crippen LogP contribution in [0.5, 0.6) is 17.2 Å². The normalized spacial score (nSPS) is 16.2. The predicted molar refractivity (Wildman–Crippen MR) is 91.8 cm³/mol. The number of benzene rings is 1. The zero-order valence-corrected chi connectivity index (χ0v) is 15.4. The van der Waals surface area contributed by atoms with Gasteiger partial charge in [0.15, 0.2) is 11.5 Å². The van der Waals surface area contributed by atoms with E-state index >= 15 is 0 Å². The fourth-order valence-electron chi connectivity index (χ4n) is 2.99. The molecular formula is C18H23NO7. The summed E-state index contributed by atoms with van der Waals surface area (Å²) in [7, 11) is 4.37. The molecule has 8 nitrogen and oxygen atoms in total. The van der Waals surface area contributed by atoms with Crippen molar-refractivity contribution >= 4 is 17.7 Å². The fourth-order valence-corrected chi connectivity index (χ4v) is 2.99. The molecule has 1 fully saturated rings. The van der Waals surface area contributed by atoms with Crippen LogP contribution in [0.1, 0.15) is 30.1 Å². The third-order valence-corrected chi connectivity index (χ3v) is 4.20. The number of nitrogens with zero attached hydrogens (tertiary/aromatic N) is 1. The summed E-state index contributed by atoms with van der Waals surface area (Å²) < 4.78 is 20.5. The molecule has 0 N–H and O–H groups in total. The summed E-state index contributed by atoms with van der Waals surface area (Å²) >= 11 is 0. The van der Waals surface area contributed by atoms with Crippen LogP contribution in [0.4, 0.5) is 0 Å². The Morgan fingerprint density at radius 1 is 1.08 bits per heavy atom. The van der Waals surface area contributed by atoms with Crippen LogP contribution in [0.25, 0.3) is 0 Å². The minimum absolute atomic E-state index is 0.109. The molecule has 142 valence electrons. The zero-order chi connectivity index (χ0) is 19.3. The quantitative estimate of drug-likeness (QED) is 0.533. The Hall–Kier alpha value is -2.77. The van der Waals surface area contributed by atoms with E-state index in [1.165, 1.54) is 38.4 Å². The fraction of sp³-hybridized carbons (Fsp3) is 0.500. The first kappa shape index (κ1) is 19.6. The summed E-state index contributed by atoms with van der Waals surface area (Å²) in [5, 5.41) is 0. The molecule has 1 aromatic rings. The van der Waals surface area contributed by atoms with E-state index in [9.17, 15) is 14.4 Å². The van der Waals surface area contributed by atoms with Crippen molar-refractivity contribution in [2.75, 3.05) is 34.5 Å². The minimum atomic E-state index is -0.915. The maximum absolute atomic E-state index is 12.9. The summed E-state index contributed by atoms with van der Waals surface area (Å²) in [6.07, 6.45) is 1.06. The SMILES string of the molecule is CCOC(=O)C(=O)C1CCCN1C(=O)c1cc(OC)c(OC)c(OC)c1. The van der Waals surface area contributed by atoms with Crippen LogP contribution in [0.3, 0.4) is 0 Å². The Morgan fingerprint density at radius 3 is 2.19 bits per heavy atom. The maximum Gasteiger partial charge on any atom is 0.376 e. The summed E-state index contributed by atoms with van der Waals surface area (Å²) in [6, 6.07) is 2.22. The first-order valence-electron chi connectivity index (χ1n) is 8.30. The van der Waals surface area contributed by atoms with E-state index in [-0.39, 0.29) is 18.1 Å². The van der Waals surface area contributed by atoms with Crippen LogP contribution in [-0.4, -0.2) is 63.1 Å². The van der Waals surface area contributed by atoms with Gasteiger partial charge in [0.1, 0.15) is 6.04 Å². The number of rotatable bonds is 7. The maximum atomic E-state index is 12.9. The Morgan fingerprint density at radius 2 is 1.69 bits per heavy atom. The lowest BCUT2D eigenvalue weighted by Gasteiger charge is -2.23. The minimum Gasteiger partial charge on any atom is -0.493 e. The number of ketones is 1. The Labute approximate surface area is 152 Å². The Kier molecular flexibility index (Phi) is 6.43. The molecule has 1 saturated heterocycles. The van der Waals surface area contributed by atoms with Crippen molar-refractivity contribution in [3.63, 3.8) is 0 Å². The van der Waals surface area contributed by atoms with Crippen LogP contribution in [-0.2, 0) is 14.3 Å². The lowest BCUT2D eigenvalue weighted by atomic mass is 10.1. The first-order chi connectivity index (χ1) is 12.5. The van der Waals surface area contributed by atoms with Gasteiger partial charge in [-0.05, 0) is 31.9 Å². The molecule has 0 radical (unpaired) electrons. The average Bonchev–Trinajstić information content (AvgIpc) is 3.15. The van der Waals surface area contributed by atoms with E-state index in [4.69, 9.17) is 18.9 Å².